The van der Waals surface area contributed by atoms with Crippen LogP contribution in [0.5, 0.6) is 11.5 Å². The molecule has 0 aliphatic carbocycles. The zero-order valence-electron chi connectivity index (χ0n) is 21.4. The van der Waals surface area contributed by atoms with E-state index in [1.54, 1.807) is 30.6 Å². The Hall–Kier alpha value is -2.81. The molecule has 0 fully saturated rings. The average Bonchev–Trinajstić information content (AvgIpc) is 3.23. The van der Waals surface area contributed by atoms with Crippen molar-refractivity contribution in [2.45, 2.75) is 52.7 Å². The lowest BCUT2D eigenvalue weighted by Crippen LogP contribution is -2.18. The Morgan fingerprint density at radius 3 is 2.36 bits per heavy atom. The van der Waals surface area contributed by atoms with E-state index in [-0.39, 0.29) is 17.3 Å². The average molecular weight is 527 g/mol. The second kappa shape index (κ2) is 13.5. The molecule has 0 aliphatic heterocycles. The van der Waals surface area contributed by atoms with E-state index in [4.69, 9.17) is 14.2 Å². The molecule has 0 aliphatic rings. The number of ether oxygens (including phenoxy) is 3. The number of allylic oxidation sites excluding steroid dienone is 1. The summed E-state index contributed by atoms with van der Waals surface area (Å²) in [6.07, 6.45) is 5.10. The van der Waals surface area contributed by atoms with Crippen molar-refractivity contribution in [2.24, 2.45) is 0 Å². The molecule has 6 nitrogen and oxygen atoms in total. The summed E-state index contributed by atoms with van der Waals surface area (Å²) in [5.74, 6) is 2.04. The Balaban J connectivity index is 1.88. The summed E-state index contributed by atoms with van der Waals surface area (Å²) in [5.41, 5.74) is 2.22. The maximum Gasteiger partial charge on any atom is 0.217 e. The molecule has 192 valence electrons. The number of anilines is 1. The van der Waals surface area contributed by atoms with Gasteiger partial charge < -0.3 is 19.5 Å². The predicted molar refractivity (Wildman–Crippen MR) is 151 cm³/mol. The molecule has 0 spiro atoms. The number of hydrogen-bond acceptors (Lipinski definition) is 7. The van der Waals surface area contributed by atoms with Gasteiger partial charge in [0.2, 0.25) is 5.12 Å². The molecule has 0 amide bonds. The molecule has 1 aromatic carbocycles. The molecule has 2 unspecified atom stereocenters. The van der Waals surface area contributed by atoms with Crippen LogP contribution in [0.4, 0.5) is 5.82 Å². The second-order valence-corrected chi connectivity index (χ2v) is 10.4. The van der Waals surface area contributed by atoms with E-state index in [0.717, 1.165) is 29.9 Å². The van der Waals surface area contributed by atoms with Crippen molar-refractivity contribution >= 4 is 40.6 Å². The maximum atomic E-state index is 11.5. The number of carbonyl (C=O) groups is 1. The van der Waals surface area contributed by atoms with Crippen LogP contribution in [0.25, 0.3) is 5.70 Å². The highest BCUT2D eigenvalue weighted by Crippen LogP contribution is 2.30. The SMILES string of the molecule is CC/C=C(/Nc1ccc(C(=O)S)cn1)c1cc(OC(C)COC)cc(OC(C)Cc2ccc(C)s2)c1. The Labute approximate surface area is 223 Å². The third kappa shape index (κ3) is 8.40. The number of thiol groups is 1. The lowest BCUT2D eigenvalue weighted by Gasteiger charge is -2.20. The first kappa shape index (κ1) is 27.8. The number of hydrogen-bond donors (Lipinski definition) is 2. The number of thiophene rings is 1. The number of nitrogens with one attached hydrogen (secondary N) is 1. The molecule has 2 aromatic heterocycles. The van der Waals surface area contributed by atoms with Gasteiger partial charge in [0.1, 0.15) is 29.5 Å². The molecule has 2 heterocycles. The first-order chi connectivity index (χ1) is 17.3. The number of nitrogens with zero attached hydrogens (tertiary/aromatic N) is 1. The van der Waals surface area contributed by atoms with Crippen LogP contribution in [0, 0.1) is 6.92 Å². The van der Waals surface area contributed by atoms with Crippen molar-refractivity contribution < 1.29 is 19.0 Å². The van der Waals surface area contributed by atoms with E-state index < -0.39 is 0 Å². The Morgan fingerprint density at radius 2 is 1.81 bits per heavy atom. The summed E-state index contributed by atoms with van der Waals surface area (Å²) in [5, 5.41) is 3.05. The van der Waals surface area contributed by atoms with E-state index in [2.05, 4.69) is 61.9 Å². The molecule has 2 atom stereocenters. The van der Waals surface area contributed by atoms with Crippen molar-refractivity contribution in [3.05, 3.63) is 75.6 Å². The smallest absolute Gasteiger partial charge is 0.217 e. The zero-order valence-corrected chi connectivity index (χ0v) is 23.1. The molecule has 0 bridgehead atoms. The normalized spacial score (nSPS) is 13.2. The highest BCUT2D eigenvalue weighted by Gasteiger charge is 2.14. The minimum Gasteiger partial charge on any atom is -0.490 e. The third-order valence-corrected chi connectivity index (χ3v) is 6.51. The van der Waals surface area contributed by atoms with Crippen LogP contribution < -0.4 is 14.8 Å². The molecule has 0 saturated carbocycles. The summed E-state index contributed by atoms with van der Waals surface area (Å²) in [7, 11) is 1.66. The maximum absolute atomic E-state index is 11.5. The van der Waals surface area contributed by atoms with Crippen LogP contribution >= 0.6 is 24.0 Å². The van der Waals surface area contributed by atoms with E-state index in [0.29, 0.717) is 23.7 Å². The fraction of sp³-hybridized carbons (Fsp3) is 0.357. The van der Waals surface area contributed by atoms with Gasteiger partial charge in [-0.25, -0.2) is 4.98 Å². The summed E-state index contributed by atoms with van der Waals surface area (Å²) in [6.45, 7) is 8.70. The van der Waals surface area contributed by atoms with Crippen molar-refractivity contribution in [3.8, 4) is 11.5 Å². The topological polar surface area (TPSA) is 69.7 Å². The zero-order chi connectivity index (χ0) is 26.1. The van der Waals surface area contributed by atoms with Crippen molar-refractivity contribution in [3.63, 3.8) is 0 Å². The van der Waals surface area contributed by atoms with E-state index in [1.807, 2.05) is 25.1 Å². The van der Waals surface area contributed by atoms with Crippen LogP contribution in [0.1, 0.15) is 52.9 Å². The molecular formula is C28H34N2O4S2. The first-order valence-electron chi connectivity index (χ1n) is 12.0. The molecule has 3 aromatic rings. The van der Waals surface area contributed by atoms with Gasteiger partial charge in [0.05, 0.1) is 6.61 Å². The lowest BCUT2D eigenvalue weighted by molar-refractivity contribution is 0.0917. The van der Waals surface area contributed by atoms with E-state index in [9.17, 15) is 4.79 Å². The van der Waals surface area contributed by atoms with Gasteiger partial charge in [0.25, 0.3) is 0 Å². The van der Waals surface area contributed by atoms with Gasteiger partial charge in [-0.2, -0.15) is 0 Å². The Morgan fingerprint density at radius 1 is 1.08 bits per heavy atom. The lowest BCUT2D eigenvalue weighted by atomic mass is 10.1. The third-order valence-electron chi connectivity index (χ3n) is 5.23. The summed E-state index contributed by atoms with van der Waals surface area (Å²) < 4.78 is 17.7. The van der Waals surface area contributed by atoms with Crippen LogP contribution in [0.2, 0.25) is 0 Å². The molecular weight excluding hydrogens is 492 g/mol. The minimum atomic E-state index is -0.318. The second-order valence-electron chi connectivity index (χ2n) is 8.61. The number of aromatic nitrogens is 1. The molecule has 0 saturated heterocycles. The van der Waals surface area contributed by atoms with Crippen molar-refractivity contribution in [1.29, 1.82) is 0 Å². The number of methoxy groups -OCH3 is 1. The first-order valence-corrected chi connectivity index (χ1v) is 13.2. The predicted octanol–water partition coefficient (Wildman–Crippen LogP) is 6.81. The number of pyridine rings is 1. The fourth-order valence-corrected chi connectivity index (χ4v) is 4.83. The summed E-state index contributed by atoms with van der Waals surface area (Å²) in [4.78, 5) is 18.4. The van der Waals surface area contributed by atoms with Gasteiger partial charge in [0, 0.05) is 52.4 Å². The largest absolute Gasteiger partial charge is 0.490 e. The monoisotopic (exact) mass is 526 g/mol. The van der Waals surface area contributed by atoms with Crippen molar-refractivity contribution in [2.75, 3.05) is 19.0 Å². The molecule has 3 rings (SSSR count). The van der Waals surface area contributed by atoms with Gasteiger partial charge in [-0.15, -0.1) is 24.0 Å². The van der Waals surface area contributed by atoms with Gasteiger partial charge >= 0.3 is 0 Å². The number of benzene rings is 1. The van der Waals surface area contributed by atoms with Crippen LogP contribution in [-0.4, -0.2) is 36.0 Å². The summed E-state index contributed by atoms with van der Waals surface area (Å²) in [6, 6.07) is 13.6. The standard InChI is InChI=1S/C28H34N2O4S2/c1-6-7-26(30-27-11-9-21(16-29-27)28(31)35)22-13-23(15-24(14-22)34-19(3)17-32-5)33-18(2)12-25-10-8-20(4)36-25/h7-11,13-16,18-19H,6,12,17H2,1-5H3,(H,29,30)(H,31,35)/b26-7+. The summed E-state index contributed by atoms with van der Waals surface area (Å²) >= 11 is 5.65. The van der Waals surface area contributed by atoms with Gasteiger partial charge in [-0.1, -0.05) is 13.0 Å². The highest BCUT2D eigenvalue weighted by atomic mass is 32.1. The number of aryl methyl sites for hydroxylation is 1. The van der Waals surface area contributed by atoms with Crippen LogP contribution in [-0.2, 0) is 11.2 Å². The van der Waals surface area contributed by atoms with Crippen LogP contribution in [0.3, 0.4) is 0 Å². The number of carbonyl (C=O) groups excluding carboxylic acids is 1. The van der Waals surface area contributed by atoms with Gasteiger partial charge in [0.15, 0.2) is 0 Å². The van der Waals surface area contributed by atoms with Gasteiger partial charge in [-0.3, -0.25) is 4.79 Å². The van der Waals surface area contributed by atoms with E-state index in [1.165, 1.54) is 16.0 Å². The quantitative estimate of drug-likeness (QED) is 0.239. The molecule has 0 radical (unpaired) electrons. The number of rotatable bonds is 13. The Kier molecular flexibility index (Phi) is 10.4. The minimum absolute atomic E-state index is 0.0120. The highest BCUT2D eigenvalue weighted by molar-refractivity contribution is 7.97. The molecule has 8 heteroatoms. The molecule has 1 N–H and O–H groups in total. The molecule has 36 heavy (non-hydrogen) atoms. The Bertz CT molecular complexity index is 1170. The van der Waals surface area contributed by atoms with Crippen molar-refractivity contribution in [1.82, 2.24) is 4.98 Å². The van der Waals surface area contributed by atoms with E-state index >= 15 is 0 Å². The van der Waals surface area contributed by atoms with Gasteiger partial charge in [-0.05, 0) is 63.6 Å². The fourth-order valence-electron chi connectivity index (χ4n) is 3.69. The van der Waals surface area contributed by atoms with Crippen LogP contribution in [0.15, 0.2) is 54.7 Å².